The van der Waals surface area contributed by atoms with Crippen LogP contribution < -0.4 is 17.2 Å². The largest absolute Gasteiger partial charge is 0.388 e. The molecule has 0 atom stereocenters. The van der Waals surface area contributed by atoms with Crippen LogP contribution in [0.3, 0.4) is 0 Å². The average Bonchev–Trinajstić information content (AvgIpc) is 2.48. The number of rotatable bonds is 4. The lowest BCUT2D eigenvalue weighted by molar-refractivity contribution is -0.561. The Hall–Kier alpha value is -2.82. The van der Waals surface area contributed by atoms with Crippen molar-refractivity contribution in [2.75, 3.05) is 0 Å². The van der Waals surface area contributed by atoms with Crippen LogP contribution in [0.4, 0.5) is 0 Å². The molecule has 0 aliphatic rings. The number of nitrogens with zero attached hydrogens (tertiary/aromatic N) is 2. The molecule has 0 saturated carbocycles. The molecule has 0 fully saturated rings. The van der Waals surface area contributed by atoms with E-state index in [4.69, 9.17) is 17.2 Å². The van der Waals surface area contributed by atoms with E-state index in [9.17, 15) is 0 Å². The zero-order valence-electron chi connectivity index (χ0n) is 11.8. The van der Waals surface area contributed by atoms with E-state index < -0.39 is 0 Å². The smallest absolute Gasteiger partial charge is 0.356 e. The highest BCUT2D eigenvalue weighted by Crippen LogP contribution is 2.06. The van der Waals surface area contributed by atoms with Gasteiger partial charge in [0.25, 0.3) is 5.96 Å². The van der Waals surface area contributed by atoms with Crippen molar-refractivity contribution in [1.82, 2.24) is 0 Å². The van der Waals surface area contributed by atoms with Gasteiger partial charge in [-0.15, -0.1) is 0 Å². The second-order valence-corrected chi connectivity index (χ2v) is 4.72. The van der Waals surface area contributed by atoms with Crippen molar-refractivity contribution in [3.05, 3.63) is 71.8 Å². The lowest BCUT2D eigenvalue weighted by Gasteiger charge is -2.09. The topological polar surface area (TPSA) is 93.4 Å². The minimum atomic E-state index is -0.0429. The Morgan fingerprint density at radius 1 is 0.762 bits per heavy atom. The molecule has 0 aliphatic carbocycles. The Morgan fingerprint density at radius 2 is 1.19 bits per heavy atom. The first-order valence-corrected chi connectivity index (χ1v) is 6.70. The third-order valence-electron chi connectivity index (χ3n) is 3.00. The molecule has 21 heavy (non-hydrogen) atoms. The summed E-state index contributed by atoms with van der Waals surface area (Å²) < 4.78 is 1.93. The first kappa shape index (κ1) is 14.6. The van der Waals surface area contributed by atoms with E-state index in [1.165, 1.54) is 0 Å². The second kappa shape index (κ2) is 7.09. The molecule has 0 amide bonds. The maximum absolute atomic E-state index is 6.01. The Balaban J connectivity index is 2.29. The fraction of sp³-hybridized carbons (Fsp3) is 0.125. The normalized spacial score (nSPS) is 9.90. The van der Waals surface area contributed by atoms with Crippen molar-refractivity contribution in [2.45, 2.75) is 13.1 Å². The van der Waals surface area contributed by atoms with E-state index in [-0.39, 0.29) is 5.96 Å². The van der Waals surface area contributed by atoms with E-state index in [0.717, 1.165) is 11.1 Å². The molecule has 5 heteroatoms. The van der Waals surface area contributed by atoms with Gasteiger partial charge in [0, 0.05) is 0 Å². The lowest BCUT2D eigenvalue weighted by atomic mass is 10.2. The van der Waals surface area contributed by atoms with E-state index in [2.05, 4.69) is 4.99 Å². The predicted molar refractivity (Wildman–Crippen MR) is 85.6 cm³/mol. The van der Waals surface area contributed by atoms with Crippen molar-refractivity contribution >= 4 is 11.9 Å². The van der Waals surface area contributed by atoms with Gasteiger partial charge < -0.3 is 11.5 Å². The van der Waals surface area contributed by atoms with Gasteiger partial charge in [-0.25, -0.2) is 0 Å². The molecule has 0 radical (unpaired) electrons. The number of guanidine groups is 2. The number of hydrogen-bond donors (Lipinski definition) is 3. The molecular weight excluding hydrogens is 262 g/mol. The monoisotopic (exact) mass is 282 g/mol. The summed E-state index contributed by atoms with van der Waals surface area (Å²) in [5.41, 5.74) is 19.1. The molecule has 0 spiro atoms. The van der Waals surface area contributed by atoms with Gasteiger partial charge in [-0.3, -0.25) is 10.3 Å². The van der Waals surface area contributed by atoms with Gasteiger partial charge in [-0.05, 0) is 16.1 Å². The van der Waals surface area contributed by atoms with Crippen molar-refractivity contribution in [2.24, 2.45) is 22.2 Å². The first-order chi connectivity index (χ1) is 10.1. The van der Waals surface area contributed by atoms with Crippen molar-refractivity contribution < 1.29 is 4.58 Å². The van der Waals surface area contributed by atoms with Crippen LogP contribution in [0.25, 0.3) is 0 Å². The molecule has 2 rings (SSSR count). The molecule has 108 valence electrons. The molecule has 0 aliphatic heterocycles. The first-order valence-electron chi connectivity index (χ1n) is 6.70. The van der Waals surface area contributed by atoms with Crippen molar-refractivity contribution in [3.8, 4) is 0 Å². The summed E-state index contributed by atoms with van der Waals surface area (Å²) in [6, 6.07) is 20.1. The van der Waals surface area contributed by atoms with Crippen LogP contribution in [0.5, 0.6) is 0 Å². The summed E-state index contributed by atoms with van der Waals surface area (Å²) in [4.78, 5) is 3.96. The Labute approximate surface area is 124 Å². The van der Waals surface area contributed by atoms with Crippen LogP contribution in [-0.2, 0) is 13.1 Å². The highest BCUT2D eigenvalue weighted by Gasteiger charge is 2.10. The van der Waals surface area contributed by atoms with Crippen LogP contribution in [0.15, 0.2) is 65.7 Å². The third-order valence-corrected chi connectivity index (χ3v) is 3.00. The highest BCUT2D eigenvalue weighted by molar-refractivity contribution is 5.90. The lowest BCUT2D eigenvalue weighted by Crippen LogP contribution is -2.32. The minimum Gasteiger partial charge on any atom is -0.356 e. The van der Waals surface area contributed by atoms with Crippen molar-refractivity contribution in [3.63, 3.8) is 0 Å². The molecule has 0 unspecified atom stereocenters. The number of nitrogens with two attached hydrogens (primary N) is 3. The molecule has 0 saturated heterocycles. The van der Waals surface area contributed by atoms with Crippen LogP contribution in [0, 0.1) is 0 Å². The van der Waals surface area contributed by atoms with Crippen LogP contribution in [-0.4, -0.2) is 16.5 Å². The molecule has 2 aromatic rings. The Kier molecular flexibility index (Phi) is 4.93. The van der Waals surface area contributed by atoms with Crippen LogP contribution in [0.2, 0.25) is 0 Å². The average molecular weight is 282 g/mol. The third kappa shape index (κ3) is 4.65. The zero-order valence-corrected chi connectivity index (χ0v) is 11.8. The zero-order chi connectivity index (χ0) is 15.1. The quantitative estimate of drug-likeness (QED) is 0.443. The standard InChI is InChI=1S/C16H19N5/c17-15(18)20-16(19)21(11-13-7-3-1-4-8-13)12-14-9-5-2-6-10-14/h1-10H,11-12H2,(H5,17,18,19,20)/p+1. The summed E-state index contributed by atoms with van der Waals surface area (Å²) in [6.07, 6.45) is 0. The SMILES string of the molecule is NC(N)=NC(N)=[N+](Cc1ccccc1)Cc1ccccc1. The molecule has 0 bridgehead atoms. The maximum atomic E-state index is 6.01. The number of hydrogen-bond acceptors (Lipinski definition) is 0. The predicted octanol–water partition coefficient (Wildman–Crippen LogP) is 0.987. The van der Waals surface area contributed by atoms with Gasteiger partial charge in [0.15, 0.2) is 0 Å². The van der Waals surface area contributed by atoms with Gasteiger partial charge in [0.2, 0.25) is 0 Å². The molecular formula is C16H20N5+. The van der Waals surface area contributed by atoms with Crippen molar-refractivity contribution in [1.29, 1.82) is 0 Å². The minimum absolute atomic E-state index is 0.0429. The summed E-state index contributed by atoms with van der Waals surface area (Å²) in [5.74, 6) is 0.265. The van der Waals surface area contributed by atoms with Crippen LogP contribution >= 0.6 is 0 Å². The summed E-state index contributed by atoms with van der Waals surface area (Å²) >= 11 is 0. The summed E-state index contributed by atoms with van der Waals surface area (Å²) in [6.45, 7) is 1.27. The molecule has 6 N–H and O–H groups in total. The van der Waals surface area contributed by atoms with Gasteiger partial charge in [0.1, 0.15) is 0 Å². The molecule has 0 heterocycles. The summed E-state index contributed by atoms with van der Waals surface area (Å²) in [5, 5.41) is 0. The number of benzene rings is 2. The Morgan fingerprint density at radius 3 is 1.57 bits per heavy atom. The second-order valence-electron chi connectivity index (χ2n) is 4.72. The van der Waals surface area contributed by atoms with E-state index in [1.54, 1.807) is 0 Å². The van der Waals surface area contributed by atoms with Gasteiger partial charge in [0.05, 0.1) is 13.1 Å². The highest BCUT2D eigenvalue weighted by atomic mass is 15.2. The molecule has 2 aromatic carbocycles. The fourth-order valence-corrected chi connectivity index (χ4v) is 2.03. The molecule has 0 aromatic heterocycles. The van der Waals surface area contributed by atoms with Gasteiger partial charge in [-0.2, -0.15) is 0 Å². The van der Waals surface area contributed by atoms with E-state index in [1.807, 2.05) is 65.2 Å². The van der Waals surface area contributed by atoms with Gasteiger partial charge in [-0.1, -0.05) is 60.7 Å². The fourth-order valence-electron chi connectivity index (χ4n) is 2.03. The maximum Gasteiger partial charge on any atom is 0.388 e. The summed E-state index contributed by atoms with van der Waals surface area (Å²) in [7, 11) is 0. The van der Waals surface area contributed by atoms with E-state index >= 15 is 0 Å². The number of aliphatic imine (C=N–C) groups is 1. The molecule has 5 nitrogen and oxygen atoms in total. The van der Waals surface area contributed by atoms with Crippen LogP contribution in [0.1, 0.15) is 11.1 Å². The Bertz CT molecular complexity index is 585. The van der Waals surface area contributed by atoms with E-state index in [0.29, 0.717) is 19.0 Å². The van der Waals surface area contributed by atoms with Gasteiger partial charge >= 0.3 is 5.96 Å².